The molecule has 1 N–H and O–H groups in total. The smallest absolute Gasteiger partial charge is 0.311 e. The maximum absolute atomic E-state index is 13.5. The van der Waals surface area contributed by atoms with Gasteiger partial charge in [0.25, 0.3) is 0 Å². The number of quaternary nitrogens is 1. The third-order valence-electron chi connectivity index (χ3n) is 7.32. The fourth-order valence-electron chi connectivity index (χ4n) is 5.54. The molecule has 3 saturated heterocycles. The fraction of sp³-hybridized carbons (Fsp3) is 0.773. The van der Waals surface area contributed by atoms with Crippen LogP contribution in [0.2, 0.25) is 0 Å². The molecule has 4 aliphatic rings. The minimum absolute atomic E-state index is 0.0232. The molecular weight excluding hydrogens is 396 g/mol. The van der Waals surface area contributed by atoms with Crippen LogP contribution in [0, 0.1) is 5.92 Å². The molecule has 7 heteroatoms. The molecule has 0 amide bonds. The highest BCUT2D eigenvalue weighted by molar-refractivity contribution is 7.10. The fourth-order valence-corrected chi connectivity index (χ4v) is 6.55. The highest BCUT2D eigenvalue weighted by Gasteiger charge is 2.47. The van der Waals surface area contributed by atoms with Crippen LogP contribution in [-0.2, 0) is 16.0 Å². The van der Waals surface area contributed by atoms with Crippen LogP contribution in [0.3, 0.4) is 0 Å². The molecule has 1 saturated carbocycles. The summed E-state index contributed by atoms with van der Waals surface area (Å²) >= 11 is 1.28. The molecule has 0 radical (unpaired) electrons. The van der Waals surface area contributed by atoms with E-state index in [-0.39, 0.29) is 43.0 Å². The number of carbonyl (C=O) groups excluding carboxylic acids is 1. The molecule has 4 nitrogen and oxygen atoms in total. The van der Waals surface area contributed by atoms with Crippen molar-refractivity contribution in [1.29, 1.82) is 0 Å². The van der Waals surface area contributed by atoms with Crippen molar-refractivity contribution in [3.8, 4) is 5.75 Å². The predicted octanol–water partition coefficient (Wildman–Crippen LogP) is 4.85. The number of nitrogens with zero attached hydrogens (tertiary/aromatic N) is 1. The van der Waals surface area contributed by atoms with Gasteiger partial charge in [-0.15, -0.1) is 11.3 Å². The molecule has 1 unspecified atom stereocenters. The van der Waals surface area contributed by atoms with Crippen molar-refractivity contribution in [2.45, 2.75) is 76.2 Å². The zero-order valence-electron chi connectivity index (χ0n) is 17.2. The van der Waals surface area contributed by atoms with E-state index in [1.165, 1.54) is 43.8 Å². The Kier molecular flexibility index (Phi) is 5.90. The summed E-state index contributed by atoms with van der Waals surface area (Å²) in [5.41, 5.74) is 0.571. The number of unbranched alkanes of at least 4 members (excludes halogenated alkanes) is 1. The molecule has 3 aliphatic heterocycles. The minimum atomic E-state index is -2.65. The molecule has 2 bridgehead atoms. The van der Waals surface area contributed by atoms with Gasteiger partial charge in [0, 0.05) is 37.2 Å². The minimum Gasteiger partial charge on any atom is -0.506 e. The normalized spacial score (nSPS) is 33.1. The average Bonchev–Trinajstić information content (AvgIpc) is 3.23. The molecule has 0 aromatic carbocycles. The van der Waals surface area contributed by atoms with Crippen molar-refractivity contribution in [3.63, 3.8) is 0 Å². The topological polar surface area (TPSA) is 46.5 Å². The Labute approximate surface area is 175 Å². The van der Waals surface area contributed by atoms with E-state index in [4.69, 9.17) is 4.74 Å². The van der Waals surface area contributed by atoms with Gasteiger partial charge in [-0.25, -0.2) is 8.78 Å². The number of aromatic hydroxyl groups is 1. The first-order valence-corrected chi connectivity index (χ1v) is 11.9. The van der Waals surface area contributed by atoms with Crippen LogP contribution in [0.5, 0.6) is 5.75 Å². The summed E-state index contributed by atoms with van der Waals surface area (Å²) in [4.78, 5) is 13.1. The lowest BCUT2D eigenvalue weighted by molar-refractivity contribution is -0.946. The Hall–Kier alpha value is -1.21. The lowest BCUT2D eigenvalue weighted by Crippen LogP contribution is -2.64. The summed E-state index contributed by atoms with van der Waals surface area (Å²) in [6, 6.07) is 0. The molecule has 5 rings (SSSR count). The van der Waals surface area contributed by atoms with E-state index in [9.17, 15) is 18.7 Å². The SMILES string of the molecule is CCCC[N+]12CCC(CC1)[C@@H](OC(=O)Cc1scc(C3CCC(F)(F)C3)c1O)C2. The maximum atomic E-state index is 13.5. The van der Waals surface area contributed by atoms with E-state index in [2.05, 4.69) is 6.92 Å². The Bertz CT molecular complexity index is 742. The van der Waals surface area contributed by atoms with Gasteiger partial charge in [-0.05, 0) is 24.1 Å². The third-order valence-corrected chi connectivity index (χ3v) is 8.32. The van der Waals surface area contributed by atoms with Gasteiger partial charge in [-0.1, -0.05) is 13.3 Å². The number of ether oxygens (including phenoxy) is 1. The van der Waals surface area contributed by atoms with Crippen molar-refractivity contribution >= 4 is 17.3 Å². The summed E-state index contributed by atoms with van der Waals surface area (Å²) in [5.74, 6) is -2.80. The number of thiophene rings is 1. The molecular formula is C22H32F2NO3S+. The third kappa shape index (κ3) is 4.46. The molecule has 1 aliphatic carbocycles. The summed E-state index contributed by atoms with van der Waals surface area (Å²) in [6.07, 6.45) is 4.64. The predicted molar refractivity (Wildman–Crippen MR) is 108 cm³/mol. The molecule has 0 spiro atoms. The highest BCUT2D eigenvalue weighted by Crippen LogP contribution is 2.48. The van der Waals surface area contributed by atoms with Crippen molar-refractivity contribution < 1.29 is 27.9 Å². The molecule has 1 aromatic heterocycles. The summed E-state index contributed by atoms with van der Waals surface area (Å²) in [6.45, 7) is 6.67. The number of alkyl halides is 2. The van der Waals surface area contributed by atoms with Crippen LogP contribution in [0.15, 0.2) is 5.38 Å². The van der Waals surface area contributed by atoms with Gasteiger partial charge in [0.1, 0.15) is 12.3 Å². The van der Waals surface area contributed by atoms with Gasteiger partial charge in [0.05, 0.1) is 30.9 Å². The van der Waals surface area contributed by atoms with E-state index < -0.39 is 5.92 Å². The molecule has 4 heterocycles. The highest BCUT2D eigenvalue weighted by atomic mass is 32.1. The van der Waals surface area contributed by atoms with E-state index in [0.717, 1.165) is 23.9 Å². The Morgan fingerprint density at radius 2 is 2.10 bits per heavy atom. The van der Waals surface area contributed by atoms with Crippen molar-refractivity contribution in [2.75, 3.05) is 26.2 Å². The molecule has 1 aromatic rings. The van der Waals surface area contributed by atoms with Crippen LogP contribution < -0.4 is 0 Å². The molecule has 4 fully saturated rings. The van der Waals surface area contributed by atoms with E-state index >= 15 is 0 Å². The maximum Gasteiger partial charge on any atom is 0.311 e. The number of carbonyl (C=O) groups is 1. The van der Waals surface area contributed by atoms with Gasteiger partial charge >= 0.3 is 5.97 Å². The summed E-state index contributed by atoms with van der Waals surface area (Å²) in [5, 5.41) is 12.3. The van der Waals surface area contributed by atoms with E-state index in [0.29, 0.717) is 22.8 Å². The quantitative estimate of drug-likeness (QED) is 0.499. The van der Waals surface area contributed by atoms with E-state index in [1.807, 2.05) is 0 Å². The molecule has 162 valence electrons. The first-order valence-electron chi connectivity index (χ1n) is 11.0. The lowest BCUT2D eigenvalue weighted by atomic mass is 9.83. The number of fused-ring (bicyclic) bond motifs is 3. The van der Waals surface area contributed by atoms with Crippen LogP contribution >= 0.6 is 11.3 Å². The lowest BCUT2D eigenvalue weighted by Gasteiger charge is -2.52. The Morgan fingerprint density at radius 3 is 2.76 bits per heavy atom. The van der Waals surface area contributed by atoms with Gasteiger partial charge < -0.3 is 14.3 Å². The van der Waals surface area contributed by atoms with Gasteiger partial charge in [-0.3, -0.25) is 4.79 Å². The first-order chi connectivity index (χ1) is 13.8. The largest absolute Gasteiger partial charge is 0.506 e. The zero-order chi connectivity index (χ0) is 20.6. The summed E-state index contributed by atoms with van der Waals surface area (Å²) < 4.78 is 34.0. The number of hydrogen-bond acceptors (Lipinski definition) is 4. The van der Waals surface area contributed by atoms with Crippen molar-refractivity contribution in [1.82, 2.24) is 0 Å². The second-order valence-corrected chi connectivity index (χ2v) is 10.3. The Balaban J connectivity index is 1.36. The van der Waals surface area contributed by atoms with E-state index in [1.54, 1.807) is 5.38 Å². The van der Waals surface area contributed by atoms with Crippen LogP contribution in [0.4, 0.5) is 8.78 Å². The van der Waals surface area contributed by atoms with Gasteiger partial charge in [-0.2, -0.15) is 0 Å². The number of esters is 1. The number of piperidine rings is 3. The van der Waals surface area contributed by atoms with Crippen LogP contribution in [0.25, 0.3) is 0 Å². The average molecular weight is 429 g/mol. The summed E-state index contributed by atoms with van der Waals surface area (Å²) in [7, 11) is 0. The van der Waals surface area contributed by atoms with Crippen molar-refractivity contribution in [3.05, 3.63) is 15.8 Å². The Morgan fingerprint density at radius 1 is 1.34 bits per heavy atom. The van der Waals surface area contributed by atoms with Crippen LogP contribution in [0.1, 0.15) is 68.2 Å². The molecule has 29 heavy (non-hydrogen) atoms. The van der Waals surface area contributed by atoms with Gasteiger partial charge in [0.2, 0.25) is 5.92 Å². The zero-order valence-corrected chi connectivity index (χ0v) is 18.0. The first kappa shape index (κ1) is 21.0. The van der Waals surface area contributed by atoms with Crippen molar-refractivity contribution in [2.24, 2.45) is 5.92 Å². The number of hydrogen-bond donors (Lipinski definition) is 1. The number of rotatable bonds is 7. The van der Waals surface area contributed by atoms with Crippen LogP contribution in [-0.4, -0.2) is 53.8 Å². The standard InChI is InChI=1S/C22H31F2NO3S/c1-2-3-8-25-9-5-15(6-10-25)18(13-25)28-20(26)11-19-21(27)17(14-29-19)16-4-7-22(23,24)12-16/h14-16,18H,2-13H2,1H3/p+1/t15?,16?,18-,25?/m0/s1. The van der Waals surface area contributed by atoms with Gasteiger partial charge in [0.15, 0.2) is 6.10 Å². The monoisotopic (exact) mass is 428 g/mol. The second kappa shape index (κ2) is 8.14. The number of halogens is 2. The molecule has 2 atom stereocenters. The second-order valence-electron chi connectivity index (χ2n) is 9.35.